The predicted molar refractivity (Wildman–Crippen MR) is 154 cm³/mol. The van der Waals surface area contributed by atoms with Gasteiger partial charge in [-0.25, -0.2) is 8.42 Å². The van der Waals surface area contributed by atoms with Gasteiger partial charge in [0.2, 0.25) is 0 Å². The molecular formula is C32H22N4O4S. The van der Waals surface area contributed by atoms with Gasteiger partial charge in [0, 0.05) is 23.3 Å². The second-order valence-corrected chi connectivity index (χ2v) is 11.2. The Kier molecular flexibility index (Phi) is 7.22. The van der Waals surface area contributed by atoms with Gasteiger partial charge in [-0.3, -0.25) is 14.4 Å². The van der Waals surface area contributed by atoms with E-state index in [2.05, 4.69) is 12.1 Å². The Balaban J connectivity index is 1.96. The molecule has 0 saturated carbocycles. The molecule has 1 aliphatic rings. The van der Waals surface area contributed by atoms with Crippen molar-refractivity contribution in [1.82, 2.24) is 4.31 Å². The Labute approximate surface area is 237 Å². The zero-order chi connectivity index (χ0) is 29.1. The maximum atomic E-state index is 14.6. The number of sulfonamides is 1. The molecule has 1 aliphatic heterocycles. The average molecular weight is 559 g/mol. The second kappa shape index (κ2) is 10.9. The molecule has 8 nitrogen and oxygen atoms in total. The van der Waals surface area contributed by atoms with E-state index in [-0.39, 0.29) is 38.6 Å². The van der Waals surface area contributed by atoms with Crippen molar-refractivity contribution in [3.05, 3.63) is 153 Å². The summed E-state index contributed by atoms with van der Waals surface area (Å²) in [6, 6.07) is 32.4. The molecule has 1 atom stereocenters. The van der Waals surface area contributed by atoms with Crippen molar-refractivity contribution in [2.75, 3.05) is 0 Å². The van der Waals surface area contributed by atoms with Crippen molar-refractivity contribution in [1.29, 1.82) is 10.5 Å². The van der Waals surface area contributed by atoms with Crippen LogP contribution >= 0.6 is 0 Å². The van der Waals surface area contributed by atoms with E-state index in [0.717, 1.165) is 9.87 Å². The summed E-state index contributed by atoms with van der Waals surface area (Å²) in [5.74, 6) is 0. The normalized spacial score (nSPS) is 15.3. The lowest BCUT2D eigenvalue weighted by Crippen LogP contribution is -2.38. The van der Waals surface area contributed by atoms with E-state index in [1.54, 1.807) is 72.8 Å². The molecule has 4 aromatic carbocycles. The standard InChI is InChI=1S/C32H22N4O4S/c1-22-15-17-27(18-16-22)41(39,40)35-31(24-11-6-3-7-12-24)28(20-33)30(23-9-4-2-5-10-23)29(21-34)32(35)25-13-8-14-26(19-25)36(37)38/h2-19,31H,1H3. The predicted octanol–water partition coefficient (Wildman–Crippen LogP) is 6.56. The number of non-ortho nitro benzene ring substituents is 1. The first-order valence-corrected chi connectivity index (χ1v) is 14.0. The number of aryl methyl sites for hydroxylation is 1. The van der Waals surface area contributed by atoms with Crippen molar-refractivity contribution in [2.45, 2.75) is 17.9 Å². The van der Waals surface area contributed by atoms with Crippen LogP contribution in [0.4, 0.5) is 5.69 Å². The van der Waals surface area contributed by atoms with E-state index in [0.29, 0.717) is 11.1 Å². The van der Waals surface area contributed by atoms with Gasteiger partial charge in [0.25, 0.3) is 15.7 Å². The zero-order valence-corrected chi connectivity index (χ0v) is 22.6. The lowest BCUT2D eigenvalue weighted by Gasteiger charge is -2.39. The number of benzene rings is 4. The SMILES string of the molecule is Cc1ccc(S(=O)(=O)N2C(c3cccc([N+](=O)[O-])c3)=C(C#N)C(c3ccccc3)=C(C#N)C2c2ccccc2)cc1. The quantitative estimate of drug-likeness (QED) is 0.195. The van der Waals surface area contributed by atoms with Crippen LogP contribution in [0, 0.1) is 39.7 Å². The number of rotatable bonds is 6. The minimum Gasteiger partial charge on any atom is -0.258 e. The molecule has 0 bridgehead atoms. The highest BCUT2D eigenvalue weighted by molar-refractivity contribution is 7.89. The van der Waals surface area contributed by atoms with Crippen molar-refractivity contribution < 1.29 is 13.3 Å². The fraction of sp³-hybridized carbons (Fsp3) is 0.0625. The van der Waals surface area contributed by atoms with Gasteiger partial charge in [0.15, 0.2) is 0 Å². The van der Waals surface area contributed by atoms with Crippen LogP contribution in [0.25, 0.3) is 11.3 Å². The molecule has 0 saturated heterocycles. The smallest absolute Gasteiger partial charge is 0.258 e. The average Bonchev–Trinajstić information content (AvgIpc) is 3.00. The minimum atomic E-state index is -4.43. The van der Waals surface area contributed by atoms with E-state index in [1.165, 1.54) is 36.4 Å². The monoisotopic (exact) mass is 558 g/mol. The highest BCUT2D eigenvalue weighted by Crippen LogP contribution is 2.50. The summed E-state index contributed by atoms with van der Waals surface area (Å²) < 4.78 is 30.2. The highest BCUT2D eigenvalue weighted by atomic mass is 32.2. The first kappa shape index (κ1) is 27.1. The minimum absolute atomic E-state index is 0.0512. The summed E-state index contributed by atoms with van der Waals surface area (Å²) in [5.41, 5.74) is 1.94. The second-order valence-electron chi connectivity index (χ2n) is 9.34. The molecule has 200 valence electrons. The van der Waals surface area contributed by atoms with Gasteiger partial charge in [0.05, 0.1) is 32.7 Å². The first-order chi connectivity index (χ1) is 19.8. The molecule has 9 heteroatoms. The van der Waals surface area contributed by atoms with Crippen molar-refractivity contribution in [3.63, 3.8) is 0 Å². The molecule has 0 aromatic heterocycles. The fourth-order valence-electron chi connectivity index (χ4n) is 4.94. The molecule has 0 amide bonds. The van der Waals surface area contributed by atoms with E-state index in [9.17, 15) is 29.1 Å². The third-order valence-electron chi connectivity index (χ3n) is 6.80. The molecule has 0 fully saturated rings. The van der Waals surface area contributed by atoms with Gasteiger partial charge in [-0.05, 0) is 30.2 Å². The van der Waals surface area contributed by atoms with Gasteiger partial charge >= 0.3 is 0 Å². The lowest BCUT2D eigenvalue weighted by atomic mass is 9.82. The van der Waals surface area contributed by atoms with E-state index in [4.69, 9.17) is 0 Å². The molecule has 1 heterocycles. The van der Waals surface area contributed by atoms with Crippen LogP contribution in [-0.4, -0.2) is 17.6 Å². The van der Waals surface area contributed by atoms with Crippen LogP contribution in [0.15, 0.2) is 125 Å². The Bertz CT molecular complexity index is 1900. The van der Waals surface area contributed by atoms with Crippen molar-refractivity contribution in [3.8, 4) is 12.1 Å². The molecule has 5 rings (SSSR count). The summed E-state index contributed by atoms with van der Waals surface area (Å²) in [6.45, 7) is 1.83. The van der Waals surface area contributed by atoms with Crippen LogP contribution in [0.3, 0.4) is 0 Å². The van der Waals surface area contributed by atoms with Crippen LogP contribution in [0.2, 0.25) is 0 Å². The number of nitrogens with zero attached hydrogens (tertiary/aromatic N) is 4. The lowest BCUT2D eigenvalue weighted by molar-refractivity contribution is -0.384. The summed E-state index contributed by atoms with van der Waals surface area (Å²) in [6.07, 6.45) is 0. The summed E-state index contributed by atoms with van der Waals surface area (Å²) in [4.78, 5) is 11.1. The van der Waals surface area contributed by atoms with Crippen LogP contribution in [-0.2, 0) is 10.0 Å². The van der Waals surface area contributed by atoms with Gasteiger partial charge in [-0.2, -0.15) is 10.5 Å². The largest absolute Gasteiger partial charge is 0.270 e. The molecule has 4 aromatic rings. The number of allylic oxidation sites excluding steroid dienone is 2. The van der Waals surface area contributed by atoms with Crippen molar-refractivity contribution in [2.24, 2.45) is 0 Å². The number of hydrogen-bond donors (Lipinski definition) is 0. The third-order valence-corrected chi connectivity index (χ3v) is 8.58. The van der Waals surface area contributed by atoms with Crippen LogP contribution < -0.4 is 0 Å². The molecule has 0 aliphatic carbocycles. The van der Waals surface area contributed by atoms with Gasteiger partial charge in [-0.1, -0.05) is 90.5 Å². The fourth-order valence-corrected chi connectivity index (χ4v) is 6.58. The number of nitriles is 2. The molecule has 0 radical (unpaired) electrons. The Morgan fingerprint density at radius 3 is 2.00 bits per heavy atom. The highest BCUT2D eigenvalue weighted by Gasteiger charge is 2.44. The summed E-state index contributed by atoms with van der Waals surface area (Å²) >= 11 is 0. The Hall–Kier alpha value is -5.51. The van der Waals surface area contributed by atoms with Gasteiger partial charge in [-0.15, -0.1) is 0 Å². The molecule has 41 heavy (non-hydrogen) atoms. The van der Waals surface area contributed by atoms with E-state index >= 15 is 0 Å². The maximum Gasteiger partial charge on any atom is 0.270 e. The van der Waals surface area contributed by atoms with Crippen molar-refractivity contribution >= 4 is 27.0 Å². The zero-order valence-electron chi connectivity index (χ0n) is 21.8. The third kappa shape index (κ3) is 4.87. The molecule has 0 spiro atoms. The number of hydrogen-bond acceptors (Lipinski definition) is 6. The topological polar surface area (TPSA) is 128 Å². The number of nitro groups is 1. The van der Waals surface area contributed by atoms with E-state index in [1.807, 2.05) is 6.92 Å². The maximum absolute atomic E-state index is 14.6. The van der Waals surface area contributed by atoms with Crippen LogP contribution in [0.5, 0.6) is 0 Å². The summed E-state index contributed by atoms with van der Waals surface area (Å²) in [7, 11) is -4.43. The van der Waals surface area contributed by atoms with Crippen LogP contribution in [0.1, 0.15) is 28.3 Å². The van der Waals surface area contributed by atoms with Gasteiger partial charge in [0.1, 0.15) is 12.1 Å². The Morgan fingerprint density at radius 2 is 1.41 bits per heavy atom. The number of nitro benzene ring substituents is 1. The Morgan fingerprint density at radius 1 is 0.805 bits per heavy atom. The van der Waals surface area contributed by atoms with E-state index < -0.39 is 21.0 Å². The molecular weight excluding hydrogens is 536 g/mol. The molecule has 0 N–H and O–H groups in total. The van der Waals surface area contributed by atoms with Gasteiger partial charge < -0.3 is 0 Å². The first-order valence-electron chi connectivity index (χ1n) is 12.5. The molecule has 1 unspecified atom stereocenters. The summed E-state index contributed by atoms with van der Waals surface area (Å²) in [5, 5.41) is 32.9.